The van der Waals surface area contributed by atoms with E-state index in [2.05, 4.69) is 10.2 Å². The first-order valence-corrected chi connectivity index (χ1v) is 17.8. The molecule has 2 saturated heterocycles. The zero-order chi connectivity index (χ0) is 35.8. The van der Waals surface area contributed by atoms with Gasteiger partial charge in [-0.15, -0.1) is 0 Å². The Labute approximate surface area is 291 Å². The molecule has 1 N–H and O–H groups in total. The van der Waals surface area contributed by atoms with Crippen molar-refractivity contribution in [2.75, 3.05) is 44.4 Å². The van der Waals surface area contributed by atoms with Gasteiger partial charge in [-0.2, -0.15) is 17.5 Å². The number of carbonyl (C=O) groups excluding carboxylic acids is 1. The maximum atomic E-state index is 13.5. The van der Waals surface area contributed by atoms with Gasteiger partial charge in [0.2, 0.25) is 28.7 Å². The Balaban J connectivity index is 1.08. The first kappa shape index (κ1) is 34.6. The summed E-state index contributed by atoms with van der Waals surface area (Å²) in [6.07, 6.45) is -3.73. The lowest BCUT2D eigenvalue weighted by Gasteiger charge is -2.35. The molecule has 268 valence electrons. The van der Waals surface area contributed by atoms with Crippen molar-refractivity contribution in [1.29, 1.82) is 0 Å². The van der Waals surface area contributed by atoms with Gasteiger partial charge in [-0.3, -0.25) is 9.69 Å². The molecule has 0 spiro atoms. The Morgan fingerprint density at radius 2 is 1.61 bits per heavy atom. The van der Waals surface area contributed by atoms with Gasteiger partial charge in [0, 0.05) is 44.8 Å². The number of benzene rings is 3. The Morgan fingerprint density at radius 1 is 0.882 bits per heavy atom. The van der Waals surface area contributed by atoms with E-state index >= 15 is 0 Å². The van der Waals surface area contributed by atoms with Gasteiger partial charge in [-0.05, 0) is 73.0 Å². The highest BCUT2D eigenvalue weighted by Gasteiger charge is 2.39. The molecule has 1 amide bonds. The lowest BCUT2D eigenvalue weighted by Crippen LogP contribution is -2.47. The van der Waals surface area contributed by atoms with Gasteiger partial charge >= 0.3 is 6.18 Å². The zero-order valence-corrected chi connectivity index (χ0v) is 28.1. The molecule has 0 bridgehead atoms. The van der Waals surface area contributed by atoms with E-state index in [9.17, 15) is 30.8 Å². The van der Waals surface area contributed by atoms with Crippen molar-refractivity contribution in [2.45, 2.75) is 43.0 Å². The third-order valence-corrected chi connectivity index (χ3v) is 11.1. The number of aromatic nitrogens is 2. The largest absolute Gasteiger partial charge is 0.454 e. The normalized spacial score (nSPS) is 18.3. The Morgan fingerprint density at radius 3 is 2.33 bits per heavy atom. The summed E-state index contributed by atoms with van der Waals surface area (Å²) in [7, 11) is -4.06. The Bertz CT molecular complexity index is 2010. The van der Waals surface area contributed by atoms with E-state index in [4.69, 9.17) is 19.4 Å². The van der Waals surface area contributed by atoms with Crippen LogP contribution in [0.5, 0.6) is 11.5 Å². The molecule has 2 fully saturated rings. The van der Waals surface area contributed by atoms with Crippen LogP contribution in [0.25, 0.3) is 11.3 Å². The van der Waals surface area contributed by atoms with Crippen molar-refractivity contribution in [2.24, 2.45) is 0 Å². The molecule has 4 aromatic rings. The molecular weight excluding hydrogens is 692 g/mol. The van der Waals surface area contributed by atoms with Crippen LogP contribution in [0.3, 0.4) is 0 Å². The van der Waals surface area contributed by atoms with Crippen molar-refractivity contribution in [3.05, 3.63) is 95.4 Å². The maximum absolute atomic E-state index is 13.5. The molecule has 7 rings (SSSR count). The van der Waals surface area contributed by atoms with Crippen LogP contribution in [-0.2, 0) is 34.1 Å². The van der Waals surface area contributed by atoms with Gasteiger partial charge in [-0.1, -0.05) is 18.2 Å². The first-order valence-electron chi connectivity index (χ1n) is 16.4. The third kappa shape index (κ3) is 7.62. The van der Waals surface area contributed by atoms with E-state index in [0.717, 1.165) is 45.6 Å². The number of rotatable bonds is 9. The monoisotopic (exact) mass is 726 g/mol. The molecule has 11 nitrogen and oxygen atoms in total. The molecule has 16 heteroatoms. The predicted molar refractivity (Wildman–Crippen MR) is 178 cm³/mol. The topological polar surface area (TPSA) is 117 Å². The minimum Gasteiger partial charge on any atom is -0.454 e. The summed E-state index contributed by atoms with van der Waals surface area (Å²) in [6.45, 7) is 3.48. The summed E-state index contributed by atoms with van der Waals surface area (Å²) in [4.78, 5) is 27.0. The molecule has 0 radical (unpaired) electrons. The number of amides is 1. The van der Waals surface area contributed by atoms with E-state index in [1.807, 2.05) is 23.1 Å². The number of halogens is 4. The standard InChI is InChI=1S/C35H34F4N6O5S/c36-26-8-10-28(11-9-26)51(47,48)45-13-1-2-30(45)33(46)40-20-27-19-29(24-4-6-25(7-5-24)35(37,38)39)42-34(41-27)44-16-14-43(15-17-44)21-23-3-12-31-32(18-23)50-22-49-31/h3-12,18-19,30H,1-2,13-17,20-22H2,(H,40,46). The van der Waals surface area contributed by atoms with Gasteiger partial charge < -0.3 is 19.7 Å². The second-order valence-electron chi connectivity index (χ2n) is 12.5. The summed E-state index contributed by atoms with van der Waals surface area (Å²) >= 11 is 0. The Hall–Kier alpha value is -4.80. The average Bonchev–Trinajstić information content (AvgIpc) is 3.82. The number of nitrogens with zero attached hydrogens (tertiary/aromatic N) is 5. The molecular formula is C35H34F4N6O5S. The van der Waals surface area contributed by atoms with Gasteiger partial charge in [0.25, 0.3) is 0 Å². The second-order valence-corrected chi connectivity index (χ2v) is 14.4. The van der Waals surface area contributed by atoms with Crippen molar-refractivity contribution >= 4 is 21.9 Å². The number of alkyl halides is 3. The number of ether oxygens (including phenoxy) is 2. The summed E-state index contributed by atoms with van der Waals surface area (Å²) in [5.41, 5.74) is 1.51. The average molecular weight is 727 g/mol. The predicted octanol–water partition coefficient (Wildman–Crippen LogP) is 4.82. The van der Waals surface area contributed by atoms with Crippen LogP contribution in [0.2, 0.25) is 0 Å². The smallest absolute Gasteiger partial charge is 0.416 e. The third-order valence-electron chi connectivity index (χ3n) is 9.14. The molecule has 1 aromatic heterocycles. The number of fused-ring (bicyclic) bond motifs is 1. The molecule has 51 heavy (non-hydrogen) atoms. The Kier molecular flexibility index (Phi) is 9.56. The van der Waals surface area contributed by atoms with Crippen LogP contribution >= 0.6 is 0 Å². The van der Waals surface area contributed by atoms with Gasteiger partial charge in [0.1, 0.15) is 11.9 Å². The molecule has 3 aromatic carbocycles. The molecule has 3 aliphatic rings. The van der Waals surface area contributed by atoms with E-state index in [0.29, 0.717) is 68.5 Å². The number of hydrogen-bond acceptors (Lipinski definition) is 9. The summed E-state index contributed by atoms with van der Waals surface area (Å²) in [6, 6.07) is 15.6. The van der Waals surface area contributed by atoms with Crippen LogP contribution in [0, 0.1) is 5.82 Å². The van der Waals surface area contributed by atoms with Gasteiger partial charge in [0.15, 0.2) is 11.5 Å². The highest BCUT2D eigenvalue weighted by molar-refractivity contribution is 7.89. The van der Waals surface area contributed by atoms with Crippen LogP contribution in [-0.4, -0.2) is 79.1 Å². The quantitative estimate of drug-likeness (QED) is 0.243. The van der Waals surface area contributed by atoms with Crippen LogP contribution in [0.1, 0.15) is 29.7 Å². The minimum absolute atomic E-state index is 0.0764. The molecule has 1 unspecified atom stereocenters. The van der Waals surface area contributed by atoms with E-state index in [1.54, 1.807) is 6.07 Å². The van der Waals surface area contributed by atoms with Crippen molar-refractivity contribution < 1.29 is 40.2 Å². The highest BCUT2D eigenvalue weighted by atomic mass is 32.2. The number of piperazine rings is 1. The lowest BCUT2D eigenvalue weighted by atomic mass is 10.1. The van der Waals surface area contributed by atoms with Gasteiger partial charge in [0.05, 0.1) is 28.4 Å². The van der Waals surface area contributed by atoms with Crippen molar-refractivity contribution in [3.63, 3.8) is 0 Å². The summed E-state index contributed by atoms with van der Waals surface area (Å²) < 4.78 is 92.0. The molecule has 1 atom stereocenters. The molecule has 0 aliphatic carbocycles. The van der Waals surface area contributed by atoms with E-state index in [-0.39, 0.29) is 24.8 Å². The molecule has 0 saturated carbocycles. The number of sulfonamides is 1. The summed E-state index contributed by atoms with van der Waals surface area (Å²) in [5, 5.41) is 2.80. The molecule has 3 aliphatic heterocycles. The van der Waals surface area contributed by atoms with Crippen molar-refractivity contribution in [3.8, 4) is 22.8 Å². The van der Waals surface area contributed by atoms with Crippen LogP contribution in [0.15, 0.2) is 77.7 Å². The fraction of sp³-hybridized carbons (Fsp3) is 0.343. The number of carbonyl (C=O) groups is 1. The van der Waals surface area contributed by atoms with E-state index in [1.165, 1.54) is 24.3 Å². The highest BCUT2D eigenvalue weighted by Crippen LogP contribution is 2.34. The minimum atomic E-state index is -4.50. The van der Waals surface area contributed by atoms with Gasteiger partial charge in [-0.25, -0.2) is 22.8 Å². The lowest BCUT2D eigenvalue weighted by molar-refractivity contribution is -0.137. The number of hydrogen-bond donors (Lipinski definition) is 1. The van der Waals surface area contributed by atoms with E-state index < -0.39 is 39.5 Å². The van der Waals surface area contributed by atoms with Crippen LogP contribution in [0.4, 0.5) is 23.5 Å². The fourth-order valence-electron chi connectivity index (χ4n) is 6.42. The first-order chi connectivity index (χ1) is 24.4. The maximum Gasteiger partial charge on any atom is 0.416 e. The zero-order valence-electron chi connectivity index (χ0n) is 27.3. The number of anilines is 1. The summed E-state index contributed by atoms with van der Waals surface area (Å²) in [5.74, 6) is 0.700. The molecule has 4 heterocycles. The van der Waals surface area contributed by atoms with Crippen molar-refractivity contribution in [1.82, 2.24) is 24.5 Å². The number of nitrogens with one attached hydrogen (secondary N) is 1. The van der Waals surface area contributed by atoms with Crippen LogP contribution < -0.4 is 19.7 Å². The SMILES string of the molecule is O=C(NCc1cc(-c2ccc(C(F)(F)F)cc2)nc(N2CCN(Cc3ccc4c(c3)OCO4)CC2)n1)C1CCCN1S(=O)(=O)c1ccc(F)cc1. The fourth-order valence-corrected chi connectivity index (χ4v) is 8.08. The second kappa shape index (κ2) is 14.1.